The third-order valence-corrected chi connectivity index (χ3v) is 10.3. The number of allylic oxidation sites excluding steroid dienone is 2. The number of methoxy groups -OCH3 is 2. The van der Waals surface area contributed by atoms with E-state index in [1.807, 2.05) is 12.1 Å². The van der Waals surface area contributed by atoms with Crippen molar-refractivity contribution in [1.82, 2.24) is 0 Å². The van der Waals surface area contributed by atoms with Crippen molar-refractivity contribution in [1.29, 1.82) is 0 Å². The second-order valence-electron chi connectivity index (χ2n) is 13.4. The van der Waals surface area contributed by atoms with Crippen LogP contribution >= 0.6 is 0 Å². The Kier molecular flexibility index (Phi) is 11.9. The summed E-state index contributed by atoms with van der Waals surface area (Å²) in [5.41, 5.74) is 5.04. The van der Waals surface area contributed by atoms with Gasteiger partial charge in [0.2, 0.25) is 0 Å². The van der Waals surface area contributed by atoms with E-state index in [-0.39, 0.29) is 0 Å². The van der Waals surface area contributed by atoms with E-state index in [1.54, 1.807) is 21.1 Å². The molecule has 254 valence electrons. The first-order valence-corrected chi connectivity index (χ1v) is 17.3. The summed E-state index contributed by atoms with van der Waals surface area (Å²) >= 11 is 0. The number of carboxylic acids is 2. The Bertz CT molecular complexity index is 1460. The summed E-state index contributed by atoms with van der Waals surface area (Å²) in [6.45, 7) is 1.71. The lowest BCUT2D eigenvalue weighted by molar-refractivity contribution is -0.133. The Labute approximate surface area is 278 Å². The molecule has 0 amide bonds. The van der Waals surface area contributed by atoms with Crippen LogP contribution in [0.15, 0.2) is 59.2 Å². The Morgan fingerprint density at radius 3 is 1.64 bits per heavy atom. The number of hydrogen-bond acceptors (Lipinski definition) is 6. The van der Waals surface area contributed by atoms with Gasteiger partial charge in [0, 0.05) is 11.6 Å². The van der Waals surface area contributed by atoms with E-state index in [2.05, 4.69) is 24.3 Å². The van der Waals surface area contributed by atoms with Crippen molar-refractivity contribution in [3.63, 3.8) is 0 Å². The van der Waals surface area contributed by atoms with Crippen molar-refractivity contribution in [3.05, 3.63) is 70.3 Å². The van der Waals surface area contributed by atoms with Gasteiger partial charge in [0.15, 0.2) is 23.0 Å². The zero-order chi connectivity index (χ0) is 33.3. The van der Waals surface area contributed by atoms with Gasteiger partial charge >= 0.3 is 11.9 Å². The molecule has 0 bridgehead atoms. The Balaban J connectivity index is 0.000000185. The summed E-state index contributed by atoms with van der Waals surface area (Å²) in [4.78, 5) is 22.0. The van der Waals surface area contributed by atoms with Crippen LogP contribution in [0.2, 0.25) is 0 Å². The van der Waals surface area contributed by atoms with Crippen molar-refractivity contribution in [2.45, 2.75) is 121 Å². The first kappa shape index (κ1) is 34.4. The molecule has 4 fully saturated rings. The maximum Gasteiger partial charge on any atom is 0.331 e. The van der Waals surface area contributed by atoms with Gasteiger partial charge in [-0.25, -0.2) is 9.59 Å². The lowest BCUT2D eigenvalue weighted by atomic mass is 9.96. The molecule has 2 atom stereocenters. The molecule has 47 heavy (non-hydrogen) atoms. The summed E-state index contributed by atoms with van der Waals surface area (Å²) < 4.78 is 23.2. The van der Waals surface area contributed by atoms with Crippen LogP contribution in [0.25, 0.3) is 0 Å². The van der Waals surface area contributed by atoms with Crippen LogP contribution in [0.1, 0.15) is 120 Å². The van der Waals surface area contributed by atoms with Gasteiger partial charge in [-0.2, -0.15) is 0 Å². The van der Waals surface area contributed by atoms with Gasteiger partial charge in [-0.3, -0.25) is 0 Å². The van der Waals surface area contributed by atoms with E-state index >= 15 is 0 Å². The van der Waals surface area contributed by atoms with Crippen LogP contribution < -0.4 is 18.9 Å². The van der Waals surface area contributed by atoms with Crippen molar-refractivity contribution < 1.29 is 38.7 Å². The smallest absolute Gasteiger partial charge is 0.331 e. The van der Waals surface area contributed by atoms with Crippen molar-refractivity contribution in [2.24, 2.45) is 0 Å². The average molecular weight is 647 g/mol. The van der Waals surface area contributed by atoms with Gasteiger partial charge in [0.05, 0.1) is 26.4 Å². The highest BCUT2D eigenvalue weighted by Gasteiger charge is 2.27. The molecule has 8 nitrogen and oxygen atoms in total. The van der Waals surface area contributed by atoms with Crippen LogP contribution in [0.3, 0.4) is 0 Å². The lowest BCUT2D eigenvalue weighted by Gasteiger charge is -2.18. The molecule has 4 saturated carbocycles. The lowest BCUT2D eigenvalue weighted by Crippen LogP contribution is -2.12. The van der Waals surface area contributed by atoms with E-state index in [0.29, 0.717) is 29.6 Å². The molecule has 0 spiro atoms. The molecule has 0 saturated heterocycles. The van der Waals surface area contributed by atoms with E-state index in [1.165, 1.54) is 42.9 Å². The zero-order valence-electron chi connectivity index (χ0n) is 28.1. The Morgan fingerprint density at radius 1 is 0.681 bits per heavy atom. The molecule has 4 aliphatic carbocycles. The normalized spacial score (nSPS) is 23.3. The van der Waals surface area contributed by atoms with Gasteiger partial charge in [-0.1, -0.05) is 23.3 Å². The standard InChI is InChI=1S/C20H26O4.C19H24O4/c1-13(20(21)22)14-7-8-15(11-14)16-9-10-18(23-2)19(12-16)24-17-5-3-4-6-17;1-22-17-9-8-15(12-18(17)23-16-4-2-3-5-16)14-7-6-13(10-14)11-19(20)21/h9-10,12,15,17H,3-8,11H2,1-2H3,(H,21,22);8-9,11-12,14,16H,2-7,10H2,1H3,(H,20,21)/b14-13-;13-11+. The van der Waals surface area contributed by atoms with E-state index in [9.17, 15) is 14.7 Å². The minimum atomic E-state index is -0.847. The Hall–Kier alpha value is -3.94. The number of benzene rings is 2. The van der Waals surface area contributed by atoms with Crippen LogP contribution in [0, 0.1) is 0 Å². The number of ether oxygens (including phenoxy) is 4. The van der Waals surface area contributed by atoms with E-state index < -0.39 is 11.9 Å². The second-order valence-corrected chi connectivity index (χ2v) is 13.4. The third kappa shape index (κ3) is 9.11. The fourth-order valence-corrected chi connectivity index (χ4v) is 7.55. The largest absolute Gasteiger partial charge is 0.493 e. The number of carboxylic acid groups (broad SMARTS) is 2. The summed E-state index contributed by atoms with van der Waals surface area (Å²) in [5, 5.41) is 18.1. The molecule has 2 unspecified atom stereocenters. The highest BCUT2D eigenvalue weighted by Crippen LogP contribution is 2.43. The molecule has 0 aromatic heterocycles. The Morgan fingerprint density at radius 2 is 1.17 bits per heavy atom. The maximum absolute atomic E-state index is 11.2. The van der Waals surface area contributed by atoms with Crippen LogP contribution in [0.4, 0.5) is 0 Å². The molecule has 8 heteroatoms. The molecule has 2 aromatic carbocycles. The summed E-state index contributed by atoms with van der Waals surface area (Å²) in [7, 11) is 3.34. The van der Waals surface area contributed by atoms with Crippen LogP contribution in [-0.4, -0.2) is 48.6 Å². The zero-order valence-corrected chi connectivity index (χ0v) is 28.1. The number of carbonyl (C=O) groups is 2. The molecule has 2 aromatic rings. The quantitative estimate of drug-likeness (QED) is 0.246. The van der Waals surface area contributed by atoms with Crippen LogP contribution in [-0.2, 0) is 9.59 Å². The fourth-order valence-electron chi connectivity index (χ4n) is 7.55. The highest BCUT2D eigenvalue weighted by molar-refractivity contribution is 5.87. The van der Waals surface area contributed by atoms with Crippen molar-refractivity contribution >= 4 is 11.9 Å². The number of hydrogen-bond donors (Lipinski definition) is 2. The number of rotatable bonds is 10. The monoisotopic (exact) mass is 646 g/mol. The molecule has 6 rings (SSSR count). The summed E-state index contributed by atoms with van der Waals surface area (Å²) in [6, 6.07) is 12.3. The molecule has 0 radical (unpaired) electrons. The predicted molar refractivity (Wildman–Crippen MR) is 181 cm³/mol. The van der Waals surface area contributed by atoms with Gasteiger partial charge < -0.3 is 29.2 Å². The van der Waals surface area contributed by atoms with Gasteiger partial charge in [-0.15, -0.1) is 0 Å². The average Bonchev–Trinajstić information content (AvgIpc) is 3.90. The third-order valence-electron chi connectivity index (χ3n) is 10.3. The molecule has 2 N–H and O–H groups in total. The fraction of sp³-hybridized carbons (Fsp3) is 0.538. The molecule has 4 aliphatic rings. The van der Waals surface area contributed by atoms with E-state index in [4.69, 9.17) is 24.1 Å². The van der Waals surface area contributed by atoms with Crippen molar-refractivity contribution in [2.75, 3.05) is 14.2 Å². The topological polar surface area (TPSA) is 112 Å². The van der Waals surface area contributed by atoms with Gasteiger partial charge in [0.25, 0.3) is 0 Å². The van der Waals surface area contributed by atoms with Crippen LogP contribution in [0.5, 0.6) is 23.0 Å². The first-order valence-electron chi connectivity index (χ1n) is 17.3. The SMILES string of the molecule is COc1ccc(C2CC/C(=C(\C)C(=O)O)C2)cc1OC1CCCC1.COc1ccc(C2CC/C(=C\C(=O)O)C2)cc1OC1CCCC1. The molecular weight excluding hydrogens is 596 g/mol. The summed E-state index contributed by atoms with van der Waals surface area (Å²) in [6.07, 6.45) is 16.7. The minimum Gasteiger partial charge on any atom is -0.493 e. The van der Waals surface area contributed by atoms with Gasteiger partial charge in [0.1, 0.15) is 0 Å². The van der Waals surface area contributed by atoms with Gasteiger partial charge in [-0.05, 0) is 144 Å². The first-order chi connectivity index (χ1) is 22.7. The summed E-state index contributed by atoms with van der Waals surface area (Å²) in [5.74, 6) is 2.30. The maximum atomic E-state index is 11.2. The highest BCUT2D eigenvalue weighted by atomic mass is 16.5. The molecule has 0 aliphatic heterocycles. The van der Waals surface area contributed by atoms with Crippen molar-refractivity contribution in [3.8, 4) is 23.0 Å². The predicted octanol–water partition coefficient (Wildman–Crippen LogP) is 8.98. The molecular formula is C39H50O8. The molecule has 0 heterocycles. The minimum absolute atomic E-state index is 0.294. The number of aliphatic carboxylic acids is 2. The second kappa shape index (κ2) is 16.2. The van der Waals surface area contributed by atoms with E-state index in [0.717, 1.165) is 98.4 Å².